The summed E-state index contributed by atoms with van der Waals surface area (Å²) in [6.45, 7) is 1.36. The fourth-order valence-electron chi connectivity index (χ4n) is 8.32. The van der Waals surface area contributed by atoms with E-state index in [1.807, 2.05) is 0 Å². The normalized spacial score (nSPS) is 20.7. The zero-order valence-electron chi connectivity index (χ0n) is 47.3. The molecule has 6 amide bonds. The minimum absolute atomic E-state index is 0. The van der Waals surface area contributed by atoms with Crippen molar-refractivity contribution in [3.05, 3.63) is 24.8 Å². The molecule has 3 aliphatic heterocycles. The molecule has 3 aliphatic rings. The zero-order valence-corrected chi connectivity index (χ0v) is 54.8. The molecule has 8 atom stereocenters. The molecule has 0 saturated carbocycles. The first-order valence-electron chi connectivity index (χ1n) is 26.1. The molecule has 2 fully saturated rings. The molecule has 39 heteroatoms. The number of anilines is 1. The van der Waals surface area contributed by atoms with E-state index in [0.717, 1.165) is 40.3 Å². The second kappa shape index (κ2) is 36.1. The van der Waals surface area contributed by atoms with E-state index >= 15 is 0 Å². The summed E-state index contributed by atoms with van der Waals surface area (Å²) in [4.78, 5) is 157. The van der Waals surface area contributed by atoms with Crippen LogP contribution in [0.2, 0.25) is 0 Å². The summed E-state index contributed by atoms with van der Waals surface area (Å²) in [5.41, 5.74) is 4.07. The Labute approximate surface area is 536 Å². The summed E-state index contributed by atoms with van der Waals surface area (Å²) < 4.78 is 72.6. The van der Waals surface area contributed by atoms with Gasteiger partial charge in [0, 0.05) is 94.6 Å². The molecule has 464 valence electrons. The van der Waals surface area contributed by atoms with Crippen LogP contribution in [0, 0.1) is 5.41 Å². The number of ketones is 2. The summed E-state index contributed by atoms with van der Waals surface area (Å²) in [5.74, 6) is -2.84. The molecule has 5 heterocycles. The first-order valence-corrected chi connectivity index (χ1v) is 31.6. The molecular weight excluding hydrogens is 1230 g/mol. The summed E-state index contributed by atoms with van der Waals surface area (Å²) in [5, 5.41) is 25.8. The molecule has 5 rings (SSSR count). The van der Waals surface area contributed by atoms with Gasteiger partial charge in [0.15, 0.2) is 17.7 Å². The van der Waals surface area contributed by atoms with Crippen LogP contribution in [0.15, 0.2) is 24.8 Å². The quantitative estimate of drug-likeness (QED) is 0.0141. The van der Waals surface area contributed by atoms with Crippen molar-refractivity contribution >= 4 is 99.2 Å². The number of nitrogens with zero attached hydrogens (tertiary/aromatic N) is 6. The van der Waals surface area contributed by atoms with Crippen molar-refractivity contribution in [3.8, 4) is 0 Å². The van der Waals surface area contributed by atoms with E-state index in [9.17, 15) is 81.8 Å². The summed E-state index contributed by atoms with van der Waals surface area (Å²) in [7, 11) is -17.2. The van der Waals surface area contributed by atoms with Crippen LogP contribution in [0.1, 0.15) is 90.7 Å². The molecule has 4 unspecified atom stereocenters. The van der Waals surface area contributed by atoms with Gasteiger partial charge in [0.05, 0.1) is 44.6 Å². The van der Waals surface area contributed by atoms with Gasteiger partial charge >= 0.3 is 66.9 Å². The van der Waals surface area contributed by atoms with E-state index in [0.29, 0.717) is 45.3 Å². The monoisotopic (exact) mass is 1300 g/mol. The van der Waals surface area contributed by atoms with Crippen LogP contribution in [0.25, 0.3) is 11.2 Å². The summed E-state index contributed by atoms with van der Waals surface area (Å²) >= 11 is 1.16. The molecule has 0 aliphatic carbocycles. The summed E-state index contributed by atoms with van der Waals surface area (Å²) in [6.07, 6.45) is -1.12. The average Bonchev–Trinajstić information content (AvgIpc) is 2.21. The molecule has 2 aromatic heterocycles. The van der Waals surface area contributed by atoms with Gasteiger partial charge in [-0.05, 0) is 25.7 Å². The third-order valence-corrected chi connectivity index (χ3v) is 17.0. The minimum Gasteiger partial charge on any atom is -0.756 e. The maximum absolute atomic E-state index is 12.9. The molecule has 2 saturated heterocycles. The van der Waals surface area contributed by atoms with Crippen molar-refractivity contribution in [2.45, 2.75) is 120 Å². The molecule has 0 radical (unpaired) electrons. The Morgan fingerprint density at radius 2 is 1.46 bits per heavy atom. The van der Waals surface area contributed by atoms with Crippen LogP contribution in [0.3, 0.4) is 0 Å². The largest absolute Gasteiger partial charge is 1.00 e. The van der Waals surface area contributed by atoms with Gasteiger partial charge in [-0.15, -0.1) is 11.8 Å². The van der Waals surface area contributed by atoms with E-state index in [4.69, 9.17) is 19.9 Å². The van der Waals surface area contributed by atoms with Gasteiger partial charge in [-0.1, -0.05) is 20.3 Å². The number of unbranched alkanes of at least 4 members (excludes halogenated alkanes) is 2. The Morgan fingerprint density at radius 1 is 0.824 bits per heavy atom. The number of thioether (sulfide) groups is 1. The van der Waals surface area contributed by atoms with Crippen LogP contribution in [-0.4, -0.2) is 198 Å². The number of ether oxygens (including phenoxy) is 3. The van der Waals surface area contributed by atoms with Crippen LogP contribution < -0.4 is 85.3 Å². The van der Waals surface area contributed by atoms with Crippen LogP contribution in [0.4, 0.5) is 5.82 Å². The molecule has 0 bridgehead atoms. The summed E-state index contributed by atoms with van der Waals surface area (Å²) in [6, 6.07) is 0. The first kappa shape index (κ1) is 76.4. The first-order chi connectivity index (χ1) is 39.1. The Hall–Kier alpha value is -2.83. The second-order valence-corrected chi connectivity index (χ2v) is 25.2. The number of carbonyl (C=O) groups is 8. The molecule has 0 spiro atoms. The predicted molar refractivity (Wildman–Crippen MR) is 282 cm³/mol. The van der Waals surface area contributed by atoms with Crippen LogP contribution >= 0.6 is 35.2 Å². The Bertz CT molecular complexity index is 2800. The van der Waals surface area contributed by atoms with Crippen molar-refractivity contribution in [1.82, 2.24) is 40.0 Å². The van der Waals surface area contributed by atoms with Gasteiger partial charge in [0.1, 0.15) is 47.8 Å². The number of aliphatic hydroxyl groups excluding tert-OH is 2. The third kappa shape index (κ3) is 25.2. The van der Waals surface area contributed by atoms with E-state index in [1.54, 1.807) is 0 Å². The smallest absolute Gasteiger partial charge is 0.756 e. The fraction of sp³-hybridized carbons (Fsp3) is 0.674. The number of hydrogen-bond donors (Lipinski definition) is 7. The Kier molecular flexibility index (Phi) is 32.5. The van der Waals surface area contributed by atoms with Crippen molar-refractivity contribution in [2.75, 3.05) is 77.3 Å². The van der Waals surface area contributed by atoms with E-state index in [-0.39, 0.29) is 183 Å². The number of Topliss-reactive ketones (excluding diaryl/α,β-unsaturated/α-hetero) is 2. The number of nitrogens with one attached hydrogen (secondary N) is 2. The maximum atomic E-state index is 12.9. The average molecular weight is 1300 g/mol. The number of carbonyl (C=O) groups excluding carboxylic acids is 8. The minimum atomic E-state index is -5.94. The SMILES string of the molecule is CC(C)(COP(=O)([O-])OP(=O)([O-])OC[C@H]1O[C@@H](n2cnc3c(N)ncnc32)[C@@H](O)C1OP(=O)(O)O)[C@@H](O)C(=O)NCCC(=O)NCCSC1CC(=O)N(CCCC(=O)CCOCCOCCCC(=O)CCCCCN2C(=O)C=CC2=O)C1=O.[Na+].[Na+]. The van der Waals surface area contributed by atoms with E-state index < -0.39 is 95.7 Å². The number of nitrogen functional groups attached to an aromatic ring is 1. The van der Waals surface area contributed by atoms with Gasteiger partial charge in [-0.3, -0.25) is 66.4 Å². The van der Waals surface area contributed by atoms with Gasteiger partial charge in [-0.25, -0.2) is 23.8 Å². The standard InChI is InChI=1S/C46H70N9O24P3S.2Na/c1-46(2,26-76-82(71,72)79-81(69,70)75-25-31-39(78-80(66,67)68)38(62)45(77-31)55-28-52-37-41(47)50-27-51-42(37)55)40(63)43(64)49-15-13-33(58)48-16-23-83-32-24-36(61)54(44(32)65)18-6-9-30(57)14-20-74-22-21-73-19-7-10-29(56)8-4-3-5-17-53-34(59)11-12-35(53)60;;/h11-12,27-28,31-32,38-40,45,62-63H,3-10,13-26H2,1-2H3,(H,48,58)(H,49,64)(H,69,70)(H,71,72)(H2,47,50,51)(H2,66,67,68);;/q;2*+1/p-2/t31-,32?,38+,39?,40+,45-;;/m1../s1. The number of amides is 6. The number of imide groups is 2. The molecule has 0 aromatic carbocycles. The number of phosphoric acid groups is 3. The maximum Gasteiger partial charge on any atom is 1.00 e. The second-order valence-electron chi connectivity index (χ2n) is 19.7. The number of aliphatic hydroxyl groups is 2. The van der Waals surface area contributed by atoms with Crippen molar-refractivity contribution in [2.24, 2.45) is 5.41 Å². The number of fused-ring (bicyclic) bond motifs is 1. The van der Waals surface area contributed by atoms with Crippen LogP contribution in [-0.2, 0) is 84.1 Å². The predicted octanol–water partition coefficient (Wildman–Crippen LogP) is -7.38. The number of phosphoric ester groups is 3. The van der Waals surface area contributed by atoms with Crippen molar-refractivity contribution in [1.29, 1.82) is 0 Å². The number of rotatable bonds is 40. The Morgan fingerprint density at radius 3 is 2.15 bits per heavy atom. The number of likely N-dealkylation sites (tertiary alicyclic amines) is 1. The number of hydrogen-bond acceptors (Lipinski definition) is 27. The van der Waals surface area contributed by atoms with Gasteiger partial charge in [0.2, 0.25) is 23.6 Å². The van der Waals surface area contributed by atoms with Crippen LogP contribution in [0.5, 0.6) is 0 Å². The number of imidazole rings is 1. The van der Waals surface area contributed by atoms with Crippen molar-refractivity contribution in [3.63, 3.8) is 0 Å². The zero-order chi connectivity index (χ0) is 61.1. The fourth-order valence-corrected chi connectivity index (χ4v) is 12.1. The van der Waals surface area contributed by atoms with Gasteiger partial charge < -0.3 is 69.4 Å². The third-order valence-electron chi connectivity index (χ3n) is 12.7. The number of nitrogens with two attached hydrogens (primary N) is 1. The molecule has 2 aromatic rings. The van der Waals surface area contributed by atoms with E-state index in [2.05, 4.69) is 43.5 Å². The number of aromatic nitrogens is 4. The molecular formula is C46H68N9Na2O24P3S. The molecule has 33 nitrogen and oxygen atoms in total. The van der Waals surface area contributed by atoms with Gasteiger partial charge in [-0.2, -0.15) is 0 Å². The Balaban J connectivity index is 0.00000946. The van der Waals surface area contributed by atoms with E-state index in [1.165, 1.54) is 30.9 Å². The van der Waals surface area contributed by atoms with Crippen molar-refractivity contribution < 1.29 is 173 Å². The molecule has 8 N–H and O–H groups in total. The van der Waals surface area contributed by atoms with Gasteiger partial charge in [0.25, 0.3) is 27.5 Å². The molecule has 85 heavy (non-hydrogen) atoms. The topological polar surface area (TPSA) is 480 Å².